The van der Waals surface area contributed by atoms with Crippen molar-refractivity contribution < 1.29 is 17.4 Å². The first-order chi connectivity index (χ1) is 17.9. The zero-order chi connectivity index (χ0) is 27.0. The molecule has 1 fully saturated rings. The van der Waals surface area contributed by atoms with Gasteiger partial charge in [0.2, 0.25) is 5.89 Å². The molecular formula is C28H27F2N5O2S. The Labute approximate surface area is 219 Å². The van der Waals surface area contributed by atoms with E-state index in [9.17, 15) is 13.0 Å². The van der Waals surface area contributed by atoms with Crippen molar-refractivity contribution in [3.05, 3.63) is 77.2 Å². The van der Waals surface area contributed by atoms with Crippen LogP contribution in [0.3, 0.4) is 0 Å². The summed E-state index contributed by atoms with van der Waals surface area (Å²) in [5.74, 6) is 2.80. The summed E-state index contributed by atoms with van der Waals surface area (Å²) < 4.78 is 47.2. The molecule has 2 aliphatic carbocycles. The summed E-state index contributed by atoms with van der Waals surface area (Å²) in [6, 6.07) is 5.54. The van der Waals surface area contributed by atoms with Gasteiger partial charge in [-0.1, -0.05) is 19.9 Å². The fourth-order valence-corrected chi connectivity index (χ4v) is 6.90. The molecule has 2 bridgehead atoms. The first-order valence-corrected chi connectivity index (χ1v) is 14.6. The molecule has 10 heteroatoms. The van der Waals surface area contributed by atoms with Crippen molar-refractivity contribution in [2.24, 2.45) is 5.41 Å². The van der Waals surface area contributed by atoms with Gasteiger partial charge in [-0.15, -0.1) is 5.10 Å². The third kappa shape index (κ3) is 3.38. The molecule has 0 spiro atoms. The van der Waals surface area contributed by atoms with Crippen LogP contribution in [0.25, 0.3) is 22.8 Å². The number of fused-ring (bicyclic) bond motifs is 5. The van der Waals surface area contributed by atoms with Crippen LogP contribution in [0.2, 0.25) is 0 Å². The number of aromatic nitrogens is 5. The van der Waals surface area contributed by atoms with Gasteiger partial charge < -0.3 is 4.42 Å². The summed E-state index contributed by atoms with van der Waals surface area (Å²) in [7, 11) is -2.35. The third-order valence-corrected chi connectivity index (χ3v) is 10.3. The van der Waals surface area contributed by atoms with Crippen LogP contribution < -0.4 is 0 Å². The predicted octanol–water partition coefficient (Wildman–Crippen LogP) is 5.48. The second-order valence-electron chi connectivity index (χ2n) is 10.9. The van der Waals surface area contributed by atoms with E-state index in [1.807, 2.05) is 0 Å². The van der Waals surface area contributed by atoms with Crippen molar-refractivity contribution in [2.75, 3.05) is 6.26 Å². The maximum absolute atomic E-state index is 14.5. The first kappa shape index (κ1) is 24.8. The lowest BCUT2D eigenvalue weighted by Crippen LogP contribution is -2.38. The maximum atomic E-state index is 14.5. The molecule has 4 aromatic rings. The molecule has 196 valence electrons. The van der Waals surface area contributed by atoms with Crippen molar-refractivity contribution in [2.45, 2.75) is 50.2 Å². The molecule has 1 saturated carbocycles. The van der Waals surface area contributed by atoms with Gasteiger partial charge in [0.25, 0.3) is 0 Å². The molecular weight excluding hydrogens is 508 g/mol. The average Bonchev–Trinajstić information content (AvgIpc) is 3.51. The Kier molecular flexibility index (Phi) is 5.37. The highest BCUT2D eigenvalue weighted by Crippen LogP contribution is 2.69. The Morgan fingerprint density at radius 2 is 1.87 bits per heavy atom. The first-order valence-electron chi connectivity index (χ1n) is 12.4. The van der Waals surface area contributed by atoms with E-state index < -0.39 is 26.6 Å². The molecule has 0 radical (unpaired) electrons. The third-order valence-electron chi connectivity index (χ3n) is 8.58. The summed E-state index contributed by atoms with van der Waals surface area (Å²) in [6.45, 7) is 6.14. The van der Waals surface area contributed by atoms with Gasteiger partial charge in [-0.3, -0.25) is 9.19 Å². The van der Waals surface area contributed by atoms with Gasteiger partial charge in [0.15, 0.2) is 0 Å². The molecule has 3 aromatic heterocycles. The highest BCUT2D eigenvalue weighted by atomic mass is 32.2. The van der Waals surface area contributed by atoms with Crippen molar-refractivity contribution in [1.82, 2.24) is 25.1 Å². The molecule has 3 heterocycles. The number of oxazole rings is 1. The Balaban J connectivity index is 1.45. The SMILES string of the molecule is C=S(C)(=O)[C@H](C)c1coc(-c2cncc([C@@]34CC[C@@H](c5cc(-c6c(F)cccc6F)nnc53)C4(C)C)n2)n1. The Morgan fingerprint density at radius 3 is 2.58 bits per heavy atom. The highest BCUT2D eigenvalue weighted by molar-refractivity contribution is 7.99. The molecule has 0 amide bonds. The van der Waals surface area contributed by atoms with E-state index in [1.165, 1.54) is 24.5 Å². The van der Waals surface area contributed by atoms with Crippen LogP contribution in [-0.4, -0.2) is 41.5 Å². The Bertz CT molecular complexity index is 1680. The summed E-state index contributed by atoms with van der Waals surface area (Å²) in [5, 5.41) is 8.47. The van der Waals surface area contributed by atoms with Crippen molar-refractivity contribution in [1.29, 1.82) is 0 Å². The quantitative estimate of drug-likeness (QED) is 0.313. The number of rotatable bonds is 5. The van der Waals surface area contributed by atoms with E-state index >= 15 is 0 Å². The molecule has 6 rings (SSSR count). The van der Waals surface area contributed by atoms with Crippen LogP contribution in [0, 0.1) is 17.0 Å². The molecule has 4 atom stereocenters. The van der Waals surface area contributed by atoms with Crippen LogP contribution in [0.15, 0.2) is 47.3 Å². The van der Waals surface area contributed by atoms with E-state index in [1.54, 1.807) is 31.6 Å². The van der Waals surface area contributed by atoms with Crippen LogP contribution in [0.5, 0.6) is 0 Å². The van der Waals surface area contributed by atoms with E-state index in [-0.39, 0.29) is 33.7 Å². The lowest BCUT2D eigenvalue weighted by Gasteiger charge is -2.37. The van der Waals surface area contributed by atoms with Gasteiger partial charge in [0.05, 0.1) is 45.2 Å². The number of hydrogen-bond acceptors (Lipinski definition) is 7. The molecule has 2 aliphatic rings. The van der Waals surface area contributed by atoms with Crippen molar-refractivity contribution in [3.8, 4) is 22.8 Å². The molecule has 0 aliphatic heterocycles. The second kappa shape index (κ2) is 8.23. The van der Waals surface area contributed by atoms with Gasteiger partial charge in [-0.05, 0) is 70.3 Å². The number of benzene rings is 1. The molecule has 7 nitrogen and oxygen atoms in total. The van der Waals surface area contributed by atoms with Gasteiger partial charge in [0, 0.05) is 12.5 Å². The summed E-state index contributed by atoms with van der Waals surface area (Å²) in [4.78, 5) is 13.9. The largest absolute Gasteiger partial charge is 0.443 e. The number of hydrogen-bond donors (Lipinski definition) is 0. The monoisotopic (exact) mass is 535 g/mol. The fraction of sp³-hybridized carbons (Fsp3) is 0.357. The fourth-order valence-electron chi connectivity index (χ4n) is 6.28. The normalized spacial score (nSPS) is 23.7. The van der Waals surface area contributed by atoms with E-state index in [0.717, 1.165) is 24.1 Å². The summed E-state index contributed by atoms with van der Waals surface area (Å²) >= 11 is 0. The minimum absolute atomic E-state index is 0.107. The number of nitrogens with zero attached hydrogens (tertiary/aromatic N) is 5. The second-order valence-corrected chi connectivity index (χ2v) is 13.8. The lowest BCUT2D eigenvalue weighted by atomic mass is 9.66. The van der Waals surface area contributed by atoms with Gasteiger partial charge >= 0.3 is 0 Å². The average molecular weight is 536 g/mol. The van der Waals surface area contributed by atoms with Crippen LogP contribution in [-0.2, 0) is 14.9 Å². The van der Waals surface area contributed by atoms with Crippen molar-refractivity contribution >= 4 is 15.4 Å². The summed E-state index contributed by atoms with van der Waals surface area (Å²) in [6.07, 6.45) is 8.04. The Morgan fingerprint density at radius 1 is 1.13 bits per heavy atom. The molecule has 1 unspecified atom stereocenters. The van der Waals surface area contributed by atoms with Crippen LogP contribution in [0.1, 0.15) is 67.4 Å². The standard InChI is InChI=1S/C28H27F2N5O2S/c1-15(38(4,5)36)22-14-37-26(33-22)21-12-31-13-23(32-21)28-10-9-17(27(28,2)3)16-11-20(34-35-25(16)28)24-18(29)7-6-8-19(24)30/h6-8,11-15,17H,4,9-10H2,1-3,5H3/t15-,17+,28+,38?/m1/s1. The highest BCUT2D eigenvalue weighted by Gasteiger charge is 2.65. The minimum atomic E-state index is -2.35. The van der Waals surface area contributed by atoms with E-state index in [2.05, 4.69) is 39.9 Å². The van der Waals surface area contributed by atoms with Crippen LogP contribution in [0.4, 0.5) is 8.78 Å². The molecule has 1 aromatic carbocycles. The van der Waals surface area contributed by atoms with Crippen molar-refractivity contribution in [3.63, 3.8) is 0 Å². The minimum Gasteiger partial charge on any atom is -0.443 e. The lowest BCUT2D eigenvalue weighted by molar-refractivity contribution is 0.242. The van der Waals surface area contributed by atoms with E-state index in [0.29, 0.717) is 17.1 Å². The zero-order valence-electron chi connectivity index (χ0n) is 21.5. The molecule has 0 N–H and O–H groups in total. The Hall–Kier alpha value is -3.53. The smallest absolute Gasteiger partial charge is 0.246 e. The number of halogens is 2. The van der Waals surface area contributed by atoms with E-state index in [4.69, 9.17) is 9.40 Å². The van der Waals surface area contributed by atoms with Gasteiger partial charge in [0.1, 0.15) is 23.6 Å². The molecule has 0 saturated heterocycles. The zero-order valence-corrected chi connectivity index (χ0v) is 22.4. The maximum Gasteiger partial charge on any atom is 0.246 e. The van der Waals surface area contributed by atoms with Gasteiger partial charge in [-0.25, -0.2) is 18.7 Å². The predicted molar refractivity (Wildman–Crippen MR) is 141 cm³/mol. The molecule has 38 heavy (non-hydrogen) atoms. The summed E-state index contributed by atoms with van der Waals surface area (Å²) in [5.41, 5.74) is 2.50. The topological polar surface area (TPSA) is 94.7 Å². The van der Waals surface area contributed by atoms with Gasteiger partial charge in [-0.2, -0.15) is 5.10 Å². The van der Waals surface area contributed by atoms with Crippen LogP contribution >= 0.6 is 0 Å².